The van der Waals surface area contributed by atoms with Gasteiger partial charge in [0.05, 0.1) is 6.61 Å². The van der Waals surface area contributed by atoms with Crippen molar-refractivity contribution in [3.63, 3.8) is 0 Å². The summed E-state index contributed by atoms with van der Waals surface area (Å²) in [6.07, 6.45) is 1.75. The molecule has 0 aliphatic rings. The number of hydrogen-bond donors (Lipinski definition) is 2. The normalized spacial score (nSPS) is 13.2. The van der Waals surface area contributed by atoms with E-state index in [0.29, 0.717) is 5.56 Å². The highest BCUT2D eigenvalue weighted by molar-refractivity contribution is 5.94. The second-order valence-electron chi connectivity index (χ2n) is 5.34. The van der Waals surface area contributed by atoms with Crippen molar-refractivity contribution in [3.8, 4) is 0 Å². The molecule has 25 heavy (non-hydrogen) atoms. The Bertz CT molecular complexity index is 713. The van der Waals surface area contributed by atoms with Gasteiger partial charge in [-0.15, -0.1) is 0 Å². The number of benzene rings is 2. The van der Waals surface area contributed by atoms with Crippen LogP contribution in [-0.4, -0.2) is 29.6 Å². The van der Waals surface area contributed by atoms with Crippen LogP contribution < -0.4 is 5.32 Å². The molecule has 0 aliphatic carbocycles. The lowest BCUT2D eigenvalue weighted by atomic mass is 10.0. The highest BCUT2D eigenvalue weighted by Gasteiger charge is 2.30. The van der Waals surface area contributed by atoms with Crippen LogP contribution in [0.4, 0.5) is 0 Å². The van der Waals surface area contributed by atoms with Crippen molar-refractivity contribution >= 4 is 18.0 Å². The van der Waals surface area contributed by atoms with Crippen LogP contribution in [0.2, 0.25) is 0 Å². The Kier molecular flexibility index (Phi) is 6.92. The summed E-state index contributed by atoms with van der Waals surface area (Å²) in [5, 5.41) is 13.0. The van der Waals surface area contributed by atoms with Crippen LogP contribution in [0.5, 0.6) is 0 Å². The predicted octanol–water partition coefficient (Wildman–Crippen LogP) is 2.48. The SMILES string of the molecule is CCOC(=O)C(NC(=O)/C=C/c1ccccc1)C(O)c1ccccc1. The summed E-state index contributed by atoms with van der Waals surface area (Å²) < 4.78 is 4.97. The number of carbonyl (C=O) groups is 2. The van der Waals surface area contributed by atoms with Crippen LogP contribution in [0.15, 0.2) is 66.7 Å². The van der Waals surface area contributed by atoms with Crippen LogP contribution in [0, 0.1) is 0 Å². The number of carbonyl (C=O) groups excluding carboxylic acids is 2. The van der Waals surface area contributed by atoms with Gasteiger partial charge in [-0.05, 0) is 24.1 Å². The van der Waals surface area contributed by atoms with Gasteiger partial charge < -0.3 is 15.2 Å². The highest BCUT2D eigenvalue weighted by Crippen LogP contribution is 2.17. The molecule has 0 radical (unpaired) electrons. The molecular weight excluding hydrogens is 318 g/mol. The zero-order valence-corrected chi connectivity index (χ0v) is 14.0. The van der Waals surface area contributed by atoms with Gasteiger partial charge in [-0.1, -0.05) is 60.7 Å². The minimum Gasteiger partial charge on any atom is -0.464 e. The molecule has 0 heterocycles. The number of nitrogens with one attached hydrogen (secondary N) is 1. The van der Waals surface area contributed by atoms with Gasteiger partial charge in [-0.2, -0.15) is 0 Å². The molecule has 2 rings (SSSR count). The second-order valence-corrected chi connectivity index (χ2v) is 5.34. The molecule has 5 nitrogen and oxygen atoms in total. The molecule has 0 fully saturated rings. The van der Waals surface area contributed by atoms with Crippen LogP contribution in [0.1, 0.15) is 24.2 Å². The quantitative estimate of drug-likeness (QED) is 0.600. The Morgan fingerprint density at radius 1 is 1.08 bits per heavy atom. The summed E-state index contributed by atoms with van der Waals surface area (Å²) >= 11 is 0. The van der Waals surface area contributed by atoms with E-state index in [1.807, 2.05) is 30.3 Å². The maximum absolute atomic E-state index is 12.2. The van der Waals surface area contributed by atoms with Gasteiger partial charge in [0.15, 0.2) is 6.04 Å². The van der Waals surface area contributed by atoms with Crippen molar-refractivity contribution < 1.29 is 19.4 Å². The number of hydrogen-bond acceptors (Lipinski definition) is 4. The molecule has 0 aliphatic heterocycles. The number of rotatable bonds is 7. The van der Waals surface area contributed by atoms with E-state index in [0.717, 1.165) is 5.56 Å². The molecule has 2 unspecified atom stereocenters. The van der Waals surface area contributed by atoms with E-state index in [4.69, 9.17) is 4.74 Å². The molecular formula is C20H21NO4. The molecule has 5 heteroatoms. The monoisotopic (exact) mass is 339 g/mol. The summed E-state index contributed by atoms with van der Waals surface area (Å²) in [6, 6.07) is 16.8. The fraction of sp³-hybridized carbons (Fsp3) is 0.200. The molecule has 0 spiro atoms. The smallest absolute Gasteiger partial charge is 0.331 e. The Hall–Kier alpha value is -2.92. The van der Waals surface area contributed by atoms with E-state index in [2.05, 4.69) is 5.32 Å². The van der Waals surface area contributed by atoms with E-state index in [1.54, 1.807) is 43.3 Å². The van der Waals surface area contributed by atoms with Crippen molar-refractivity contribution in [2.45, 2.75) is 19.1 Å². The van der Waals surface area contributed by atoms with E-state index >= 15 is 0 Å². The molecule has 130 valence electrons. The van der Waals surface area contributed by atoms with Crippen LogP contribution in [-0.2, 0) is 14.3 Å². The number of aliphatic hydroxyl groups is 1. The molecule has 0 bridgehead atoms. The number of esters is 1. The number of aliphatic hydroxyl groups excluding tert-OH is 1. The lowest BCUT2D eigenvalue weighted by molar-refractivity contribution is -0.150. The molecule has 2 aromatic rings. The van der Waals surface area contributed by atoms with Crippen molar-refractivity contribution in [1.29, 1.82) is 0 Å². The van der Waals surface area contributed by atoms with Gasteiger partial charge in [-0.3, -0.25) is 4.79 Å². The van der Waals surface area contributed by atoms with Gasteiger partial charge in [-0.25, -0.2) is 4.79 Å². The second kappa shape index (κ2) is 9.39. The Balaban J connectivity index is 2.11. The summed E-state index contributed by atoms with van der Waals surface area (Å²) in [4.78, 5) is 24.3. The van der Waals surface area contributed by atoms with E-state index in [1.165, 1.54) is 6.08 Å². The first-order valence-electron chi connectivity index (χ1n) is 8.05. The Morgan fingerprint density at radius 3 is 2.28 bits per heavy atom. The maximum Gasteiger partial charge on any atom is 0.331 e. The molecule has 0 saturated carbocycles. The van der Waals surface area contributed by atoms with Gasteiger partial charge >= 0.3 is 5.97 Å². The molecule has 0 saturated heterocycles. The zero-order valence-electron chi connectivity index (χ0n) is 14.0. The third kappa shape index (κ3) is 5.58. The molecule has 1 amide bonds. The largest absolute Gasteiger partial charge is 0.464 e. The van der Waals surface area contributed by atoms with Gasteiger partial charge in [0.25, 0.3) is 0 Å². The number of ether oxygens (including phenoxy) is 1. The fourth-order valence-electron chi connectivity index (χ4n) is 2.28. The minimum atomic E-state index is -1.20. The van der Waals surface area contributed by atoms with Crippen LogP contribution >= 0.6 is 0 Å². The molecule has 2 aromatic carbocycles. The van der Waals surface area contributed by atoms with Crippen LogP contribution in [0.3, 0.4) is 0 Å². The first kappa shape index (κ1) is 18.4. The van der Waals surface area contributed by atoms with Gasteiger partial charge in [0.1, 0.15) is 6.10 Å². The van der Waals surface area contributed by atoms with Gasteiger partial charge in [0.2, 0.25) is 5.91 Å². The first-order valence-corrected chi connectivity index (χ1v) is 8.05. The highest BCUT2D eigenvalue weighted by atomic mass is 16.5. The molecule has 2 atom stereocenters. The molecule has 2 N–H and O–H groups in total. The Labute approximate surface area is 146 Å². The maximum atomic E-state index is 12.2. The van der Waals surface area contributed by atoms with E-state index in [-0.39, 0.29) is 6.61 Å². The van der Waals surface area contributed by atoms with Crippen molar-refractivity contribution in [1.82, 2.24) is 5.32 Å². The average molecular weight is 339 g/mol. The van der Waals surface area contributed by atoms with E-state index in [9.17, 15) is 14.7 Å². The third-order valence-corrected chi connectivity index (χ3v) is 3.52. The first-order chi connectivity index (χ1) is 12.1. The zero-order chi connectivity index (χ0) is 18.1. The third-order valence-electron chi connectivity index (χ3n) is 3.52. The lowest BCUT2D eigenvalue weighted by Crippen LogP contribution is -2.45. The minimum absolute atomic E-state index is 0.159. The van der Waals surface area contributed by atoms with Gasteiger partial charge in [0, 0.05) is 6.08 Å². The van der Waals surface area contributed by atoms with Crippen molar-refractivity contribution in [3.05, 3.63) is 77.9 Å². The predicted molar refractivity (Wildman–Crippen MR) is 95.4 cm³/mol. The topological polar surface area (TPSA) is 75.6 Å². The lowest BCUT2D eigenvalue weighted by Gasteiger charge is -2.22. The summed E-state index contributed by atoms with van der Waals surface area (Å²) in [5.41, 5.74) is 1.38. The number of amides is 1. The van der Waals surface area contributed by atoms with Crippen LogP contribution in [0.25, 0.3) is 6.08 Å². The Morgan fingerprint density at radius 2 is 1.68 bits per heavy atom. The summed E-state index contributed by atoms with van der Waals surface area (Å²) in [6.45, 7) is 1.83. The summed E-state index contributed by atoms with van der Waals surface area (Å²) in [5.74, 6) is -1.17. The van der Waals surface area contributed by atoms with E-state index < -0.39 is 24.0 Å². The summed E-state index contributed by atoms with van der Waals surface area (Å²) in [7, 11) is 0. The standard InChI is InChI=1S/C20H21NO4/c1-2-25-20(24)18(19(23)16-11-7-4-8-12-16)21-17(22)14-13-15-9-5-3-6-10-15/h3-14,18-19,23H,2H2,1H3,(H,21,22)/b14-13+. The average Bonchev–Trinajstić information content (AvgIpc) is 2.65. The fourth-order valence-corrected chi connectivity index (χ4v) is 2.28. The molecule has 0 aromatic heterocycles. The van der Waals surface area contributed by atoms with Crippen molar-refractivity contribution in [2.24, 2.45) is 0 Å². The van der Waals surface area contributed by atoms with Crippen molar-refractivity contribution in [2.75, 3.05) is 6.61 Å².